The van der Waals surface area contributed by atoms with Crippen LogP contribution in [0, 0.1) is 11.8 Å². The zero-order valence-corrected chi connectivity index (χ0v) is 18.2. The van der Waals surface area contributed by atoms with Crippen molar-refractivity contribution in [3.8, 4) is 0 Å². The van der Waals surface area contributed by atoms with E-state index in [1.165, 1.54) is 7.11 Å². The van der Waals surface area contributed by atoms with Gasteiger partial charge in [0, 0.05) is 46.4 Å². The number of methoxy groups -OCH3 is 1. The lowest BCUT2D eigenvalue weighted by atomic mass is 9.83. The summed E-state index contributed by atoms with van der Waals surface area (Å²) in [4.78, 5) is 44.5. The van der Waals surface area contributed by atoms with Crippen molar-refractivity contribution < 1.29 is 19.1 Å². The second-order valence-electron chi connectivity index (χ2n) is 8.37. The first kappa shape index (κ1) is 21.7. The van der Waals surface area contributed by atoms with Gasteiger partial charge in [0.2, 0.25) is 17.7 Å². The van der Waals surface area contributed by atoms with Gasteiger partial charge in [-0.05, 0) is 18.7 Å². The molecular weight excluding hydrogens is 398 g/mol. The Morgan fingerprint density at radius 2 is 1.74 bits per heavy atom. The Labute approximate surface area is 182 Å². The van der Waals surface area contributed by atoms with Crippen molar-refractivity contribution >= 4 is 23.4 Å². The van der Waals surface area contributed by atoms with E-state index >= 15 is 0 Å². The van der Waals surface area contributed by atoms with Gasteiger partial charge >= 0.3 is 0 Å². The molecule has 3 heterocycles. The van der Waals surface area contributed by atoms with E-state index in [0.29, 0.717) is 39.3 Å². The summed E-state index contributed by atoms with van der Waals surface area (Å²) in [5.74, 6) is -0.541. The van der Waals surface area contributed by atoms with Crippen molar-refractivity contribution in [3.63, 3.8) is 0 Å². The summed E-state index contributed by atoms with van der Waals surface area (Å²) < 4.78 is 4.93. The van der Waals surface area contributed by atoms with Crippen LogP contribution in [0.1, 0.15) is 6.92 Å². The monoisotopic (exact) mass is 429 g/mol. The minimum absolute atomic E-state index is 0.0159. The Balaban J connectivity index is 1.47. The van der Waals surface area contributed by atoms with Crippen molar-refractivity contribution in [2.24, 2.45) is 11.8 Å². The zero-order valence-electron chi connectivity index (χ0n) is 18.2. The molecule has 0 bridgehead atoms. The third-order valence-electron chi connectivity index (χ3n) is 6.58. The smallest absolute Gasteiger partial charge is 0.248 e. The van der Waals surface area contributed by atoms with E-state index in [0.717, 1.165) is 12.2 Å². The second-order valence-corrected chi connectivity index (χ2v) is 8.37. The van der Waals surface area contributed by atoms with Crippen LogP contribution in [0.4, 0.5) is 5.69 Å². The number of likely N-dealkylation sites (tertiary alicyclic amines) is 1. The number of fused-ring (bicyclic) bond motifs is 1. The molecule has 1 N–H and O–H groups in total. The summed E-state index contributed by atoms with van der Waals surface area (Å²) in [6.45, 7) is 6.22. The molecule has 4 rings (SSSR count). The number of carbonyl (C=O) groups is 3. The van der Waals surface area contributed by atoms with Gasteiger partial charge in [0.25, 0.3) is 0 Å². The van der Waals surface area contributed by atoms with Gasteiger partial charge in [-0.3, -0.25) is 14.4 Å². The van der Waals surface area contributed by atoms with Gasteiger partial charge in [-0.25, -0.2) is 10.4 Å². The molecule has 3 aliphatic rings. The van der Waals surface area contributed by atoms with Crippen molar-refractivity contribution in [2.45, 2.75) is 13.0 Å². The van der Waals surface area contributed by atoms with E-state index in [-0.39, 0.29) is 42.2 Å². The average molecular weight is 430 g/mol. The molecule has 3 aliphatic heterocycles. The van der Waals surface area contributed by atoms with E-state index in [1.807, 2.05) is 35.2 Å². The van der Waals surface area contributed by atoms with Crippen LogP contribution in [0.25, 0.3) is 0 Å². The van der Waals surface area contributed by atoms with Gasteiger partial charge in [-0.15, -0.1) is 0 Å². The molecule has 0 aliphatic carbocycles. The number of nitrogens with one attached hydrogen (secondary N) is 1. The topological polar surface area (TPSA) is 85.4 Å². The molecule has 0 radical (unpaired) electrons. The molecule has 168 valence electrons. The van der Waals surface area contributed by atoms with Crippen LogP contribution in [-0.4, -0.2) is 98.0 Å². The molecule has 9 heteroatoms. The number of piperidine rings is 1. The summed E-state index contributed by atoms with van der Waals surface area (Å²) in [6, 6.07) is 9.28. The molecule has 3 atom stereocenters. The fourth-order valence-corrected chi connectivity index (χ4v) is 4.82. The van der Waals surface area contributed by atoms with Crippen molar-refractivity contribution in [2.75, 3.05) is 64.5 Å². The predicted molar refractivity (Wildman–Crippen MR) is 115 cm³/mol. The first-order valence-corrected chi connectivity index (χ1v) is 11.0. The number of piperazine rings is 1. The van der Waals surface area contributed by atoms with Gasteiger partial charge in [0.15, 0.2) is 0 Å². The number of rotatable bonds is 5. The Morgan fingerprint density at radius 1 is 1.06 bits per heavy atom. The second kappa shape index (κ2) is 9.33. The van der Waals surface area contributed by atoms with E-state index in [4.69, 9.17) is 4.74 Å². The number of anilines is 1. The number of amides is 3. The van der Waals surface area contributed by atoms with E-state index in [2.05, 4.69) is 17.2 Å². The average Bonchev–Trinajstić information content (AvgIpc) is 3.15. The van der Waals surface area contributed by atoms with Gasteiger partial charge in [0.1, 0.15) is 6.61 Å². The highest BCUT2D eigenvalue weighted by Gasteiger charge is 2.51. The summed E-state index contributed by atoms with van der Waals surface area (Å²) >= 11 is 0. The molecule has 1 aromatic carbocycles. The largest absolute Gasteiger partial charge is 0.375 e. The first-order chi connectivity index (χ1) is 15.0. The maximum absolute atomic E-state index is 13.5. The SMILES string of the molecule is CCN1CC(C(=O)N2CCN(C(=O)COC)CC2)C2NN(c3ccccc3)C(=O)C2C1. The number of benzene rings is 1. The fraction of sp³-hybridized carbons (Fsp3) is 0.591. The van der Waals surface area contributed by atoms with Gasteiger partial charge < -0.3 is 19.4 Å². The van der Waals surface area contributed by atoms with Crippen molar-refractivity contribution in [1.29, 1.82) is 0 Å². The number of hydrogen-bond acceptors (Lipinski definition) is 6. The lowest BCUT2D eigenvalue weighted by molar-refractivity contribution is -0.146. The van der Waals surface area contributed by atoms with E-state index < -0.39 is 0 Å². The highest BCUT2D eigenvalue weighted by atomic mass is 16.5. The first-order valence-electron chi connectivity index (χ1n) is 11.0. The zero-order chi connectivity index (χ0) is 22.0. The molecule has 3 amide bonds. The Kier molecular flexibility index (Phi) is 6.54. The molecule has 3 saturated heterocycles. The molecule has 0 spiro atoms. The Hall–Kier alpha value is -2.49. The molecule has 3 fully saturated rings. The fourth-order valence-electron chi connectivity index (χ4n) is 4.82. The van der Waals surface area contributed by atoms with E-state index in [9.17, 15) is 14.4 Å². The van der Waals surface area contributed by atoms with Crippen LogP contribution < -0.4 is 10.4 Å². The Morgan fingerprint density at radius 3 is 2.39 bits per heavy atom. The summed E-state index contributed by atoms with van der Waals surface area (Å²) in [7, 11) is 1.51. The van der Waals surface area contributed by atoms with Gasteiger partial charge in [-0.2, -0.15) is 0 Å². The van der Waals surface area contributed by atoms with Gasteiger partial charge in [0.05, 0.1) is 23.6 Å². The maximum Gasteiger partial charge on any atom is 0.248 e. The maximum atomic E-state index is 13.5. The van der Waals surface area contributed by atoms with Crippen LogP contribution >= 0.6 is 0 Å². The van der Waals surface area contributed by atoms with Crippen LogP contribution in [0.2, 0.25) is 0 Å². The molecular formula is C22H31N5O4. The molecule has 0 saturated carbocycles. The Bertz CT molecular complexity index is 811. The highest BCUT2D eigenvalue weighted by molar-refractivity contribution is 5.98. The number of para-hydroxylation sites is 1. The number of hydrogen-bond donors (Lipinski definition) is 1. The number of ether oxygens (including phenoxy) is 1. The van der Waals surface area contributed by atoms with Crippen molar-refractivity contribution in [3.05, 3.63) is 30.3 Å². The van der Waals surface area contributed by atoms with Gasteiger partial charge in [-0.1, -0.05) is 25.1 Å². The lowest BCUT2D eigenvalue weighted by Crippen LogP contribution is -2.60. The predicted octanol–water partition coefficient (Wildman–Crippen LogP) is -0.208. The van der Waals surface area contributed by atoms with Crippen LogP contribution in [0.5, 0.6) is 0 Å². The number of carbonyl (C=O) groups excluding carboxylic acids is 3. The summed E-state index contributed by atoms with van der Waals surface area (Å²) in [5, 5.41) is 1.61. The standard InChI is InChI=1S/C22H31N5O4/c1-3-24-13-17(21(29)26-11-9-25(10-12-26)19(28)15-31-2)20-18(14-24)22(30)27(23-20)16-7-5-4-6-8-16/h4-8,17-18,20,23H,3,9-15H2,1-2H3. The molecule has 9 nitrogen and oxygen atoms in total. The molecule has 31 heavy (non-hydrogen) atoms. The van der Waals surface area contributed by atoms with Crippen molar-refractivity contribution in [1.82, 2.24) is 20.1 Å². The minimum Gasteiger partial charge on any atom is -0.375 e. The minimum atomic E-state index is -0.308. The third-order valence-corrected chi connectivity index (χ3v) is 6.58. The van der Waals surface area contributed by atoms with Crippen LogP contribution in [0.15, 0.2) is 30.3 Å². The third kappa shape index (κ3) is 4.30. The summed E-state index contributed by atoms with van der Waals surface area (Å²) in [6.07, 6.45) is 0. The quantitative estimate of drug-likeness (QED) is 0.697. The summed E-state index contributed by atoms with van der Waals surface area (Å²) in [5.41, 5.74) is 4.14. The van der Waals surface area contributed by atoms with Crippen LogP contribution in [0.3, 0.4) is 0 Å². The lowest BCUT2D eigenvalue weighted by Gasteiger charge is -2.42. The molecule has 1 aromatic rings. The normalized spacial score (nSPS) is 26.8. The highest BCUT2D eigenvalue weighted by Crippen LogP contribution is 2.32. The van der Waals surface area contributed by atoms with E-state index in [1.54, 1.807) is 9.91 Å². The molecule has 3 unspecified atom stereocenters. The van der Waals surface area contributed by atoms with Crippen LogP contribution in [-0.2, 0) is 19.1 Å². The number of nitrogens with zero attached hydrogens (tertiary/aromatic N) is 4. The number of hydrazine groups is 1. The molecule has 0 aromatic heterocycles.